The zero-order valence-electron chi connectivity index (χ0n) is 10.2. The van der Waals surface area contributed by atoms with Gasteiger partial charge in [0.05, 0.1) is 6.26 Å². The molecule has 0 aliphatic carbocycles. The van der Waals surface area contributed by atoms with Gasteiger partial charge in [-0.25, -0.2) is 4.79 Å². The molecule has 1 heterocycles. The summed E-state index contributed by atoms with van der Waals surface area (Å²) >= 11 is 0. The molecule has 0 saturated carbocycles. The minimum Gasteiger partial charge on any atom is -0.478 e. The number of benzene rings is 1. The molecule has 1 aromatic heterocycles. The molecule has 2 N–H and O–H groups in total. The van der Waals surface area contributed by atoms with E-state index in [0.717, 1.165) is 11.1 Å². The van der Waals surface area contributed by atoms with Gasteiger partial charge in [-0.05, 0) is 25.5 Å². The van der Waals surface area contributed by atoms with Crippen LogP contribution in [0, 0.1) is 13.8 Å². The van der Waals surface area contributed by atoms with E-state index in [9.17, 15) is 9.90 Å². The van der Waals surface area contributed by atoms with Crippen LogP contribution in [0.5, 0.6) is 0 Å². The monoisotopic (exact) mass is 246 g/mol. The second kappa shape index (κ2) is 4.66. The number of furan rings is 1. The Balaban J connectivity index is 2.44. The number of hydrogen-bond donors (Lipinski definition) is 2. The SMILES string of the molecule is Cc1cc(C)cc(C(O)c2occc2C(=O)O)c1. The molecule has 94 valence electrons. The summed E-state index contributed by atoms with van der Waals surface area (Å²) in [5.41, 5.74) is 2.63. The van der Waals surface area contributed by atoms with Crippen LogP contribution in [0.2, 0.25) is 0 Å². The van der Waals surface area contributed by atoms with Gasteiger partial charge in [0.15, 0.2) is 5.76 Å². The largest absolute Gasteiger partial charge is 0.478 e. The first-order valence-corrected chi connectivity index (χ1v) is 5.56. The summed E-state index contributed by atoms with van der Waals surface area (Å²) in [6.07, 6.45) is 0.203. The van der Waals surface area contributed by atoms with Crippen molar-refractivity contribution in [3.63, 3.8) is 0 Å². The highest BCUT2D eigenvalue weighted by Crippen LogP contribution is 2.27. The van der Waals surface area contributed by atoms with Crippen LogP contribution >= 0.6 is 0 Å². The van der Waals surface area contributed by atoms with Crippen LogP contribution in [-0.4, -0.2) is 16.2 Å². The molecule has 0 radical (unpaired) electrons. The molecule has 1 atom stereocenters. The van der Waals surface area contributed by atoms with Crippen molar-refractivity contribution in [2.75, 3.05) is 0 Å². The molecule has 1 aromatic carbocycles. The van der Waals surface area contributed by atoms with Crippen LogP contribution in [-0.2, 0) is 0 Å². The third-order valence-electron chi connectivity index (χ3n) is 2.73. The van der Waals surface area contributed by atoms with Crippen molar-refractivity contribution < 1.29 is 19.4 Å². The molecule has 2 aromatic rings. The molecule has 4 heteroatoms. The quantitative estimate of drug-likeness (QED) is 0.873. The second-order valence-electron chi connectivity index (χ2n) is 4.33. The zero-order valence-corrected chi connectivity index (χ0v) is 10.2. The summed E-state index contributed by atoms with van der Waals surface area (Å²) in [4.78, 5) is 11.0. The summed E-state index contributed by atoms with van der Waals surface area (Å²) < 4.78 is 5.09. The van der Waals surface area contributed by atoms with E-state index >= 15 is 0 Å². The van der Waals surface area contributed by atoms with Gasteiger partial charge in [0.25, 0.3) is 0 Å². The lowest BCUT2D eigenvalue weighted by Gasteiger charge is -2.11. The summed E-state index contributed by atoms with van der Waals surface area (Å²) in [7, 11) is 0. The Morgan fingerprint density at radius 1 is 1.22 bits per heavy atom. The average molecular weight is 246 g/mol. The van der Waals surface area contributed by atoms with E-state index in [1.165, 1.54) is 12.3 Å². The van der Waals surface area contributed by atoms with Gasteiger partial charge in [0.1, 0.15) is 11.7 Å². The van der Waals surface area contributed by atoms with Gasteiger partial charge in [-0.2, -0.15) is 0 Å². The van der Waals surface area contributed by atoms with Crippen molar-refractivity contribution >= 4 is 5.97 Å². The van der Waals surface area contributed by atoms with Gasteiger partial charge in [-0.3, -0.25) is 0 Å². The highest BCUT2D eigenvalue weighted by molar-refractivity contribution is 5.88. The molecule has 0 saturated heterocycles. The maximum absolute atomic E-state index is 11.0. The number of carbonyl (C=O) groups is 1. The van der Waals surface area contributed by atoms with Gasteiger partial charge in [0.2, 0.25) is 0 Å². The molecular weight excluding hydrogens is 232 g/mol. The van der Waals surface area contributed by atoms with Crippen molar-refractivity contribution in [1.82, 2.24) is 0 Å². The average Bonchev–Trinajstić information content (AvgIpc) is 2.75. The van der Waals surface area contributed by atoms with Crippen LogP contribution in [0.4, 0.5) is 0 Å². The van der Waals surface area contributed by atoms with Crippen LogP contribution in [0.1, 0.15) is 38.9 Å². The summed E-state index contributed by atoms with van der Waals surface area (Å²) in [5, 5.41) is 19.2. The number of rotatable bonds is 3. The number of carboxylic acid groups (broad SMARTS) is 1. The van der Waals surface area contributed by atoms with E-state index in [1.807, 2.05) is 32.0 Å². The highest BCUT2D eigenvalue weighted by atomic mass is 16.4. The fraction of sp³-hybridized carbons (Fsp3) is 0.214. The van der Waals surface area contributed by atoms with Crippen molar-refractivity contribution in [3.8, 4) is 0 Å². The maximum atomic E-state index is 11.0. The molecule has 0 aliphatic rings. The predicted molar refractivity (Wildman–Crippen MR) is 65.6 cm³/mol. The van der Waals surface area contributed by atoms with E-state index < -0.39 is 12.1 Å². The Labute approximate surface area is 104 Å². The van der Waals surface area contributed by atoms with E-state index in [2.05, 4.69) is 0 Å². The first-order chi connectivity index (χ1) is 8.49. The Morgan fingerprint density at radius 3 is 2.39 bits per heavy atom. The van der Waals surface area contributed by atoms with Crippen molar-refractivity contribution in [2.45, 2.75) is 20.0 Å². The molecule has 18 heavy (non-hydrogen) atoms. The van der Waals surface area contributed by atoms with E-state index in [1.54, 1.807) is 0 Å². The molecule has 4 nitrogen and oxygen atoms in total. The molecule has 1 unspecified atom stereocenters. The van der Waals surface area contributed by atoms with Gasteiger partial charge in [-0.1, -0.05) is 29.3 Å². The van der Waals surface area contributed by atoms with Gasteiger partial charge < -0.3 is 14.6 Å². The van der Waals surface area contributed by atoms with Gasteiger partial charge in [0, 0.05) is 0 Å². The molecular formula is C14H14O4. The minimum atomic E-state index is -1.11. The fourth-order valence-corrected chi connectivity index (χ4v) is 2.03. The predicted octanol–water partition coefficient (Wildman–Crippen LogP) is 2.68. The number of aliphatic hydroxyl groups is 1. The Hall–Kier alpha value is -2.07. The lowest BCUT2D eigenvalue weighted by Crippen LogP contribution is -2.06. The number of carboxylic acids is 1. The minimum absolute atomic E-state index is 0.0124. The molecule has 0 fully saturated rings. The normalized spacial score (nSPS) is 12.4. The molecule has 0 aliphatic heterocycles. The first-order valence-electron chi connectivity index (χ1n) is 5.56. The fourth-order valence-electron chi connectivity index (χ4n) is 2.03. The summed E-state index contributed by atoms with van der Waals surface area (Å²) in [6.45, 7) is 3.84. The summed E-state index contributed by atoms with van der Waals surface area (Å²) in [6, 6.07) is 6.94. The lowest BCUT2D eigenvalue weighted by molar-refractivity contribution is 0.0687. The van der Waals surface area contributed by atoms with E-state index in [4.69, 9.17) is 9.52 Å². The van der Waals surface area contributed by atoms with Crippen LogP contribution in [0.15, 0.2) is 34.9 Å². The first kappa shape index (κ1) is 12.4. The number of hydrogen-bond acceptors (Lipinski definition) is 3. The lowest BCUT2D eigenvalue weighted by atomic mass is 10.00. The Kier molecular flexibility index (Phi) is 3.21. The van der Waals surface area contributed by atoms with Crippen LogP contribution in [0.3, 0.4) is 0 Å². The van der Waals surface area contributed by atoms with E-state index in [0.29, 0.717) is 5.56 Å². The van der Waals surface area contributed by atoms with Gasteiger partial charge >= 0.3 is 5.97 Å². The number of aliphatic hydroxyl groups excluding tert-OH is 1. The molecule has 0 bridgehead atoms. The zero-order chi connectivity index (χ0) is 13.3. The van der Waals surface area contributed by atoms with Crippen molar-refractivity contribution in [2.24, 2.45) is 0 Å². The third-order valence-corrected chi connectivity index (χ3v) is 2.73. The standard InChI is InChI=1S/C14H14O4/c1-8-5-9(2)7-10(6-8)12(15)13-11(14(16)17)3-4-18-13/h3-7,12,15H,1-2H3,(H,16,17). The van der Waals surface area contributed by atoms with E-state index in [-0.39, 0.29) is 11.3 Å². The third kappa shape index (κ3) is 2.28. The van der Waals surface area contributed by atoms with Crippen LogP contribution < -0.4 is 0 Å². The second-order valence-corrected chi connectivity index (χ2v) is 4.33. The number of aromatic carboxylic acids is 1. The number of aryl methyl sites for hydroxylation is 2. The maximum Gasteiger partial charge on any atom is 0.339 e. The topological polar surface area (TPSA) is 70.7 Å². The molecule has 2 rings (SSSR count). The Morgan fingerprint density at radius 2 is 1.83 bits per heavy atom. The summed E-state index contributed by atoms with van der Waals surface area (Å²) in [5.74, 6) is -1.05. The smallest absolute Gasteiger partial charge is 0.339 e. The highest BCUT2D eigenvalue weighted by Gasteiger charge is 2.22. The van der Waals surface area contributed by atoms with Gasteiger partial charge in [-0.15, -0.1) is 0 Å². The molecule has 0 amide bonds. The van der Waals surface area contributed by atoms with Crippen molar-refractivity contribution in [1.29, 1.82) is 0 Å². The Bertz CT molecular complexity index is 563. The molecule has 0 spiro atoms. The van der Waals surface area contributed by atoms with Crippen LogP contribution in [0.25, 0.3) is 0 Å². The van der Waals surface area contributed by atoms with Crippen molar-refractivity contribution in [3.05, 3.63) is 58.5 Å².